The molecule has 0 aromatic heterocycles. The van der Waals surface area contributed by atoms with Gasteiger partial charge >= 0.3 is 0 Å². The number of carbonyl (C=O) groups is 1. The zero-order valence-corrected chi connectivity index (χ0v) is 29.2. The van der Waals surface area contributed by atoms with Gasteiger partial charge < -0.3 is 51.7 Å². The van der Waals surface area contributed by atoms with Crippen molar-refractivity contribution in [1.29, 1.82) is 0 Å². The Morgan fingerprint density at radius 2 is 0.756 bits per heavy atom. The van der Waals surface area contributed by atoms with E-state index < -0.39 is 5.97 Å². The summed E-state index contributed by atoms with van der Waals surface area (Å²) >= 11 is 0. The molecule has 252 valence electrons. The molecule has 0 spiro atoms. The van der Waals surface area contributed by atoms with Crippen LogP contribution in [0.4, 0.5) is 0 Å². The second-order valence-corrected chi connectivity index (χ2v) is 13.4. The average Bonchev–Trinajstić information content (AvgIpc) is 2.74. The van der Waals surface area contributed by atoms with Gasteiger partial charge in [-0.25, -0.2) is 0 Å². The van der Waals surface area contributed by atoms with Crippen LogP contribution in [0.3, 0.4) is 0 Å². The van der Waals surface area contributed by atoms with Crippen molar-refractivity contribution in [1.82, 2.24) is 0 Å². The Labute approximate surface area is 260 Å². The maximum Gasteiger partial charge on any atom is 0.104 e. The summed E-state index contributed by atoms with van der Waals surface area (Å²) in [6.07, 6.45) is 15.7. The van der Waals surface area contributed by atoms with Crippen LogP contribution >= 0.6 is 0 Å². The molecule has 0 saturated heterocycles. The van der Waals surface area contributed by atoms with E-state index in [4.69, 9.17) is 20.4 Å². The van der Waals surface area contributed by atoms with Gasteiger partial charge in [0, 0.05) is 5.97 Å². The van der Waals surface area contributed by atoms with Gasteiger partial charge in [0.05, 0.1) is 28.2 Å². The molecule has 0 aliphatic heterocycles. The normalized spacial score (nSPS) is 14.4. The number of quaternary nitrogens is 2. The zero-order valence-electron chi connectivity index (χ0n) is 28.4. The number of likely N-dealkylation sites (N-methyl/N-ethyl adjacent to an activating group) is 2. The molecule has 4 unspecified atom stereocenters. The lowest BCUT2D eigenvalue weighted by molar-refractivity contribution is -0.895. The fraction of sp³-hybridized carbons (Fsp3) is 0.969. The molecule has 4 atom stereocenters. The maximum atomic E-state index is 10.2. The van der Waals surface area contributed by atoms with E-state index in [9.17, 15) is 9.90 Å². The van der Waals surface area contributed by atoms with Crippen LogP contribution in [0.15, 0.2) is 0 Å². The first-order chi connectivity index (χ1) is 18.4. The SMILES string of the molecule is CC(O)C[N+](C)(C)CC(C)O.CC(O)C[N+](C)(C)CC(C)O.CCCCCCCCCCCCCCCC(=O)[O-].[Cl-]. The highest BCUT2D eigenvalue weighted by molar-refractivity contribution is 5.64. The molecule has 0 rings (SSSR count). The maximum absolute atomic E-state index is 10.2. The molecule has 41 heavy (non-hydrogen) atoms. The number of unbranched alkanes of at least 4 members (excludes halogenated alkanes) is 12. The molecule has 9 heteroatoms. The molecule has 0 aliphatic carbocycles. The molecule has 0 heterocycles. The minimum Gasteiger partial charge on any atom is -1.00 e. The van der Waals surface area contributed by atoms with Gasteiger partial charge in [-0.15, -0.1) is 0 Å². The Kier molecular flexibility index (Phi) is 34.2. The number of rotatable bonds is 22. The molecular weight excluding hydrogens is 544 g/mol. The molecule has 8 nitrogen and oxygen atoms in total. The van der Waals surface area contributed by atoms with E-state index >= 15 is 0 Å². The summed E-state index contributed by atoms with van der Waals surface area (Å²) < 4.78 is 1.32. The summed E-state index contributed by atoms with van der Waals surface area (Å²) in [6, 6.07) is 0. The van der Waals surface area contributed by atoms with E-state index in [0.717, 1.165) is 12.8 Å². The molecule has 4 N–H and O–H groups in total. The van der Waals surface area contributed by atoms with Crippen LogP contribution in [0.1, 0.15) is 125 Å². The van der Waals surface area contributed by atoms with Crippen molar-refractivity contribution in [3.63, 3.8) is 0 Å². The number of nitrogens with zero attached hydrogens (tertiary/aromatic N) is 2. The predicted octanol–water partition coefficient (Wildman–Crippen LogP) is 0.870. The summed E-state index contributed by atoms with van der Waals surface area (Å²) in [4.78, 5) is 10.2. The van der Waals surface area contributed by atoms with Crippen molar-refractivity contribution in [3.8, 4) is 0 Å². The number of halogens is 1. The van der Waals surface area contributed by atoms with Crippen molar-refractivity contribution in [2.45, 2.75) is 149 Å². The monoisotopic (exact) mass is 615 g/mol. The number of aliphatic carboxylic acids is 1. The standard InChI is InChI=1S/C16H32O2.2C8H20NO2.ClH/c1-2-3-4-5-6-7-8-9-10-11-12-13-14-15-16(17)18;2*1-7(10)5-9(3,4)6-8(2)11;/h2-15H2,1H3,(H,17,18);2*7-8,10-11H,5-6H2,1-4H3;1H/q;2*+1;/p-2. The first-order valence-electron chi connectivity index (χ1n) is 16.0. The Morgan fingerprint density at radius 1 is 0.537 bits per heavy atom. The number of hydrogen-bond acceptors (Lipinski definition) is 6. The van der Waals surface area contributed by atoms with Crippen LogP contribution in [-0.2, 0) is 4.79 Å². The number of aliphatic hydroxyl groups is 4. The highest BCUT2D eigenvalue weighted by Crippen LogP contribution is 2.12. The minimum absolute atomic E-state index is 0. The first kappa shape index (κ1) is 47.5. The van der Waals surface area contributed by atoms with Crippen LogP contribution in [0.25, 0.3) is 0 Å². The Hall–Kier alpha value is -0.480. The molecule has 0 amide bonds. The third-order valence-corrected chi connectivity index (χ3v) is 6.52. The van der Waals surface area contributed by atoms with Crippen LogP contribution in [-0.4, -0.2) is 114 Å². The molecule has 0 radical (unpaired) electrons. The number of carbonyl (C=O) groups excluding carboxylic acids is 1. The van der Waals surface area contributed by atoms with Crippen LogP contribution < -0.4 is 17.5 Å². The lowest BCUT2D eigenvalue weighted by atomic mass is 10.0. The third-order valence-electron chi connectivity index (χ3n) is 6.52. The van der Waals surface area contributed by atoms with Crippen LogP contribution in [0.5, 0.6) is 0 Å². The largest absolute Gasteiger partial charge is 1.00 e. The zero-order chi connectivity index (χ0) is 31.6. The molecule has 0 aliphatic rings. The van der Waals surface area contributed by atoms with E-state index in [-0.39, 0.29) is 43.2 Å². The summed E-state index contributed by atoms with van der Waals surface area (Å²) in [5.41, 5.74) is 0. The molecular formula is C32H71ClN2O6. The summed E-state index contributed by atoms with van der Waals surface area (Å²) in [5.74, 6) is -0.905. The summed E-state index contributed by atoms with van der Waals surface area (Å²) in [5, 5.41) is 46.6. The summed E-state index contributed by atoms with van der Waals surface area (Å²) in [6.45, 7) is 12.1. The van der Waals surface area contributed by atoms with Crippen LogP contribution in [0.2, 0.25) is 0 Å². The van der Waals surface area contributed by atoms with Crippen molar-refractivity contribution in [2.75, 3.05) is 54.4 Å². The number of carboxylic acid groups (broad SMARTS) is 1. The van der Waals surface area contributed by atoms with Crippen molar-refractivity contribution in [2.24, 2.45) is 0 Å². The minimum atomic E-state index is -0.905. The molecule has 0 aromatic rings. The van der Waals surface area contributed by atoms with Crippen molar-refractivity contribution < 1.29 is 51.7 Å². The molecule has 0 aromatic carbocycles. The molecule has 0 fully saturated rings. The fourth-order valence-corrected chi connectivity index (χ4v) is 5.30. The molecule has 0 bridgehead atoms. The van der Waals surface area contributed by atoms with Gasteiger partial charge in [0.25, 0.3) is 0 Å². The third kappa shape index (κ3) is 46.7. The lowest BCUT2D eigenvalue weighted by Crippen LogP contribution is -3.00. The number of carboxylic acids is 1. The van der Waals surface area contributed by atoms with Gasteiger partial charge in [-0.2, -0.15) is 0 Å². The van der Waals surface area contributed by atoms with Crippen molar-refractivity contribution in [3.05, 3.63) is 0 Å². The second-order valence-electron chi connectivity index (χ2n) is 13.4. The van der Waals surface area contributed by atoms with Gasteiger partial charge in [-0.3, -0.25) is 0 Å². The van der Waals surface area contributed by atoms with Crippen LogP contribution in [0, 0.1) is 0 Å². The fourth-order valence-electron chi connectivity index (χ4n) is 5.30. The van der Waals surface area contributed by atoms with Gasteiger partial charge in [0.15, 0.2) is 0 Å². The predicted molar refractivity (Wildman–Crippen MR) is 166 cm³/mol. The molecule has 0 saturated carbocycles. The number of hydrogen-bond donors (Lipinski definition) is 4. The van der Waals surface area contributed by atoms with Gasteiger partial charge in [0.2, 0.25) is 0 Å². The average molecular weight is 615 g/mol. The Morgan fingerprint density at radius 3 is 0.951 bits per heavy atom. The van der Waals surface area contributed by atoms with E-state index in [2.05, 4.69) is 6.92 Å². The van der Waals surface area contributed by atoms with E-state index in [1.807, 2.05) is 28.2 Å². The van der Waals surface area contributed by atoms with Gasteiger partial charge in [-0.1, -0.05) is 84.0 Å². The second kappa shape index (κ2) is 29.6. The lowest BCUT2D eigenvalue weighted by Gasteiger charge is -2.31. The highest BCUT2D eigenvalue weighted by Gasteiger charge is 2.20. The van der Waals surface area contributed by atoms with Gasteiger partial charge in [-0.05, 0) is 40.5 Å². The first-order valence-corrected chi connectivity index (χ1v) is 16.0. The van der Waals surface area contributed by atoms with E-state index in [1.54, 1.807) is 27.7 Å². The van der Waals surface area contributed by atoms with Crippen molar-refractivity contribution >= 4 is 5.97 Å². The summed E-state index contributed by atoms with van der Waals surface area (Å²) in [7, 11) is 8.00. The smallest absolute Gasteiger partial charge is 0.104 e. The van der Waals surface area contributed by atoms with E-state index in [1.165, 1.54) is 70.6 Å². The highest BCUT2D eigenvalue weighted by atomic mass is 35.5. The quantitative estimate of drug-likeness (QED) is 0.106. The number of aliphatic hydroxyl groups excluding tert-OH is 4. The Balaban J connectivity index is -0.000000260. The van der Waals surface area contributed by atoms with E-state index in [0.29, 0.717) is 35.1 Å². The topological polar surface area (TPSA) is 121 Å². The van der Waals surface area contributed by atoms with Gasteiger partial charge in [0.1, 0.15) is 50.6 Å². The Bertz CT molecular complexity index is 506.